The predicted octanol–water partition coefficient (Wildman–Crippen LogP) is 2.06. The number of ketones is 1. The van der Waals surface area contributed by atoms with Gasteiger partial charge in [-0.15, -0.1) is 0 Å². The topological polar surface area (TPSA) is 96.2 Å². The summed E-state index contributed by atoms with van der Waals surface area (Å²) in [5, 5.41) is 10.2. The smallest absolute Gasteiger partial charge is 0.475 e. The fourth-order valence-corrected chi connectivity index (χ4v) is 3.36. The molecule has 150 valence electrons. The van der Waals surface area contributed by atoms with Gasteiger partial charge < -0.3 is 15.8 Å². The van der Waals surface area contributed by atoms with E-state index in [1.54, 1.807) is 6.08 Å². The quantitative estimate of drug-likeness (QED) is 0.625. The Hall–Kier alpha value is -3.39. The van der Waals surface area contributed by atoms with E-state index in [2.05, 4.69) is 11.1 Å². The Morgan fingerprint density at radius 1 is 1.10 bits per heavy atom. The van der Waals surface area contributed by atoms with Crippen LogP contribution in [0.1, 0.15) is 11.5 Å². The molecular formula is C21H17F3N2O3. The lowest BCUT2D eigenvalue weighted by Crippen LogP contribution is -2.26. The van der Waals surface area contributed by atoms with Gasteiger partial charge in [0.05, 0.1) is 0 Å². The lowest BCUT2D eigenvalue weighted by molar-refractivity contribution is -0.192. The summed E-state index contributed by atoms with van der Waals surface area (Å²) in [6.45, 7) is 0.408. The zero-order valence-corrected chi connectivity index (χ0v) is 15.0. The fourth-order valence-electron chi connectivity index (χ4n) is 3.36. The van der Waals surface area contributed by atoms with Gasteiger partial charge >= 0.3 is 12.1 Å². The lowest BCUT2D eigenvalue weighted by Gasteiger charge is -2.15. The van der Waals surface area contributed by atoms with E-state index in [1.165, 1.54) is 0 Å². The fraction of sp³-hybridized carbons (Fsp3) is 0.143. The van der Waals surface area contributed by atoms with Crippen molar-refractivity contribution >= 4 is 34.3 Å². The van der Waals surface area contributed by atoms with Crippen LogP contribution in [0.4, 0.5) is 13.2 Å². The number of carbonyl (C=O) groups excluding carboxylic acids is 1. The average molecular weight is 402 g/mol. The van der Waals surface area contributed by atoms with E-state index in [-0.39, 0.29) is 11.7 Å². The molecule has 1 unspecified atom stereocenters. The molecule has 1 aliphatic rings. The van der Waals surface area contributed by atoms with Gasteiger partial charge in [-0.2, -0.15) is 13.2 Å². The first-order chi connectivity index (χ1) is 13.7. The molecule has 4 N–H and O–H groups in total. The monoisotopic (exact) mass is 402 g/mol. The van der Waals surface area contributed by atoms with Crippen LogP contribution in [0.2, 0.25) is 0 Å². The van der Waals surface area contributed by atoms with Gasteiger partial charge in [0.2, 0.25) is 0 Å². The van der Waals surface area contributed by atoms with E-state index in [9.17, 15) is 18.0 Å². The lowest BCUT2D eigenvalue weighted by atomic mass is 9.88. The summed E-state index contributed by atoms with van der Waals surface area (Å²) in [4.78, 5) is 24.7. The number of rotatable bonds is 3. The minimum atomic E-state index is -5.08. The number of hydrogen-bond donors (Lipinski definition) is 3. The van der Waals surface area contributed by atoms with E-state index in [1.807, 2.05) is 48.7 Å². The maximum absolute atomic E-state index is 12.5. The highest BCUT2D eigenvalue weighted by molar-refractivity contribution is 6.33. The molecule has 1 atom stereocenters. The van der Waals surface area contributed by atoms with Gasteiger partial charge in [0.15, 0.2) is 5.78 Å². The summed E-state index contributed by atoms with van der Waals surface area (Å²) in [6.07, 6.45) is -1.40. The van der Waals surface area contributed by atoms with Gasteiger partial charge in [0, 0.05) is 35.1 Å². The van der Waals surface area contributed by atoms with Crippen LogP contribution in [0.15, 0.2) is 54.7 Å². The molecular weight excluding hydrogens is 385 g/mol. The second-order valence-corrected chi connectivity index (χ2v) is 6.39. The van der Waals surface area contributed by atoms with Crippen molar-refractivity contribution in [3.05, 3.63) is 70.7 Å². The summed E-state index contributed by atoms with van der Waals surface area (Å²) < 4.78 is 31.7. The standard InChI is InChI=1S/C19H16N2O.C2HF3O2/c20-10-15(16-11-21-17-8-4-3-7-14(16)17)19-13-6-2-1-5-12(13)9-18(19)22;3-2(4,5)1(6)7/h1-9,11,15,21H,10,20H2;(H,6,7). The molecule has 5 nitrogen and oxygen atoms in total. The highest BCUT2D eigenvalue weighted by Gasteiger charge is 2.38. The third-order valence-electron chi connectivity index (χ3n) is 4.63. The zero-order valence-electron chi connectivity index (χ0n) is 15.0. The van der Waals surface area contributed by atoms with Crippen molar-refractivity contribution in [3.63, 3.8) is 0 Å². The summed E-state index contributed by atoms with van der Waals surface area (Å²) in [6, 6.07) is 16.0. The first-order valence-corrected chi connectivity index (χ1v) is 8.65. The average Bonchev–Trinajstić information content (AvgIpc) is 3.24. The largest absolute Gasteiger partial charge is 0.490 e. The second-order valence-electron chi connectivity index (χ2n) is 6.39. The molecule has 0 amide bonds. The molecule has 1 aliphatic carbocycles. The number of aliphatic carboxylic acids is 1. The highest BCUT2D eigenvalue weighted by Crippen LogP contribution is 2.31. The van der Waals surface area contributed by atoms with E-state index >= 15 is 0 Å². The predicted molar refractivity (Wildman–Crippen MR) is 102 cm³/mol. The molecule has 2 aromatic carbocycles. The number of hydrogen-bond acceptors (Lipinski definition) is 3. The Morgan fingerprint density at radius 2 is 1.72 bits per heavy atom. The number of carboxylic acid groups (broad SMARTS) is 1. The molecule has 0 saturated carbocycles. The number of aromatic nitrogens is 1. The van der Waals surface area contributed by atoms with Crippen LogP contribution in [0, 0.1) is 0 Å². The molecule has 0 radical (unpaired) electrons. The molecule has 0 bridgehead atoms. The van der Waals surface area contributed by atoms with Crippen molar-refractivity contribution in [2.75, 3.05) is 6.54 Å². The maximum Gasteiger partial charge on any atom is 0.490 e. The van der Waals surface area contributed by atoms with E-state index < -0.39 is 12.1 Å². The van der Waals surface area contributed by atoms with Crippen molar-refractivity contribution < 1.29 is 27.9 Å². The molecule has 0 saturated heterocycles. The van der Waals surface area contributed by atoms with Gasteiger partial charge in [-0.05, 0) is 28.1 Å². The van der Waals surface area contributed by atoms with Gasteiger partial charge in [-0.3, -0.25) is 4.79 Å². The first kappa shape index (κ1) is 20.3. The molecule has 3 aromatic rings. The van der Waals surface area contributed by atoms with Crippen LogP contribution >= 0.6 is 0 Å². The van der Waals surface area contributed by atoms with Crippen LogP contribution in [0.25, 0.3) is 22.6 Å². The molecule has 1 heterocycles. The number of H-pyrrole nitrogens is 1. The van der Waals surface area contributed by atoms with Crippen molar-refractivity contribution in [2.45, 2.75) is 12.1 Å². The Kier molecular flexibility index (Phi) is 5.56. The third-order valence-corrected chi connectivity index (χ3v) is 4.63. The zero-order chi connectivity index (χ0) is 21.2. The molecule has 0 spiro atoms. The highest BCUT2D eigenvalue weighted by atomic mass is 19.4. The van der Waals surface area contributed by atoms with Gasteiger partial charge in [-0.25, -0.2) is 4.79 Å². The summed E-state index contributed by atoms with van der Waals surface area (Å²) in [5.41, 5.74) is 9.02. The normalized spacial score (nSPS) is 14.1. The number of benzene rings is 2. The molecule has 4 rings (SSSR count). The molecule has 29 heavy (non-hydrogen) atoms. The maximum atomic E-state index is 12.5. The number of halogens is 3. The SMILES string of the molecule is NCC(C1=c2ccccc2=CC1=O)c1c[nH]c2ccccc12.O=C(O)C(F)(F)F. The van der Waals surface area contributed by atoms with Crippen LogP contribution in [0.3, 0.4) is 0 Å². The number of para-hydroxylation sites is 1. The van der Waals surface area contributed by atoms with Crippen molar-refractivity contribution in [2.24, 2.45) is 5.73 Å². The minimum Gasteiger partial charge on any atom is -0.475 e. The number of aromatic amines is 1. The Balaban J connectivity index is 0.000000298. The Bertz CT molecular complexity index is 1200. The molecule has 0 aliphatic heterocycles. The summed E-state index contributed by atoms with van der Waals surface area (Å²) in [7, 11) is 0. The number of Topliss-reactive ketones (excluding diaryl/α,β-unsaturated/α-hetero) is 1. The Morgan fingerprint density at radius 3 is 2.38 bits per heavy atom. The van der Waals surface area contributed by atoms with E-state index in [4.69, 9.17) is 15.6 Å². The molecule has 1 aromatic heterocycles. The minimum absolute atomic E-state index is 0.0712. The van der Waals surface area contributed by atoms with Crippen LogP contribution in [-0.2, 0) is 9.59 Å². The van der Waals surface area contributed by atoms with Gasteiger partial charge in [-0.1, -0.05) is 42.5 Å². The number of nitrogens with one attached hydrogen (secondary N) is 1. The number of carbonyl (C=O) groups is 2. The third kappa shape index (κ3) is 4.07. The number of alkyl halides is 3. The van der Waals surface area contributed by atoms with Gasteiger partial charge in [0.1, 0.15) is 0 Å². The number of nitrogens with two attached hydrogens (primary N) is 1. The Labute approximate surface area is 163 Å². The molecule has 8 heteroatoms. The van der Waals surface area contributed by atoms with Crippen LogP contribution in [0.5, 0.6) is 0 Å². The van der Waals surface area contributed by atoms with Crippen molar-refractivity contribution in [1.82, 2.24) is 4.98 Å². The summed E-state index contributed by atoms with van der Waals surface area (Å²) >= 11 is 0. The van der Waals surface area contributed by atoms with Crippen molar-refractivity contribution in [3.8, 4) is 0 Å². The van der Waals surface area contributed by atoms with Crippen molar-refractivity contribution in [1.29, 1.82) is 0 Å². The van der Waals surface area contributed by atoms with Crippen LogP contribution in [-0.4, -0.2) is 34.6 Å². The first-order valence-electron chi connectivity index (χ1n) is 8.65. The van der Waals surface area contributed by atoms with E-state index in [0.29, 0.717) is 6.54 Å². The summed E-state index contributed by atoms with van der Waals surface area (Å²) in [5.74, 6) is -2.78. The number of carboxylic acids is 1. The number of fused-ring (bicyclic) bond motifs is 2. The second kappa shape index (κ2) is 7.92. The van der Waals surface area contributed by atoms with E-state index in [0.717, 1.165) is 32.5 Å². The molecule has 0 fully saturated rings. The van der Waals surface area contributed by atoms with Crippen LogP contribution < -0.4 is 16.2 Å². The van der Waals surface area contributed by atoms with Gasteiger partial charge in [0.25, 0.3) is 0 Å².